The van der Waals surface area contributed by atoms with Gasteiger partial charge in [0, 0.05) is 32.2 Å². The van der Waals surface area contributed by atoms with Gasteiger partial charge in [-0.3, -0.25) is 9.69 Å². The Hall–Kier alpha value is -0.740. The summed E-state index contributed by atoms with van der Waals surface area (Å²) in [5, 5.41) is 2.72. The van der Waals surface area contributed by atoms with E-state index in [0.717, 1.165) is 58.5 Å². The third-order valence-electron chi connectivity index (χ3n) is 3.95. The van der Waals surface area contributed by atoms with Crippen LogP contribution in [0.15, 0.2) is 0 Å². The fourth-order valence-corrected chi connectivity index (χ4v) is 3.78. The van der Waals surface area contributed by atoms with Crippen molar-refractivity contribution in [2.45, 2.75) is 31.7 Å². The monoisotopic (exact) mass is 334 g/mol. The van der Waals surface area contributed by atoms with Gasteiger partial charge in [0.25, 0.3) is 10.2 Å². The number of rotatable bonds is 8. The Kier molecular flexibility index (Phi) is 7.03. The minimum atomic E-state index is -3.59. The smallest absolute Gasteiger partial charge is 0.277 e. The van der Waals surface area contributed by atoms with Crippen molar-refractivity contribution in [2.75, 3.05) is 45.9 Å². The molecule has 8 nitrogen and oxygen atoms in total. The Bertz CT molecular complexity index is 445. The van der Waals surface area contributed by atoms with Gasteiger partial charge in [-0.15, -0.1) is 0 Å². The van der Waals surface area contributed by atoms with Crippen LogP contribution in [0.1, 0.15) is 25.7 Å². The van der Waals surface area contributed by atoms with Crippen LogP contribution in [0.2, 0.25) is 0 Å². The van der Waals surface area contributed by atoms with E-state index in [4.69, 9.17) is 4.74 Å². The van der Waals surface area contributed by atoms with Gasteiger partial charge in [0.05, 0.1) is 19.8 Å². The molecule has 1 saturated heterocycles. The number of nitrogens with one attached hydrogen (secondary N) is 3. The average Bonchev–Trinajstić information content (AvgIpc) is 2.99. The number of hydrogen-bond acceptors (Lipinski definition) is 5. The van der Waals surface area contributed by atoms with Crippen LogP contribution in [0.25, 0.3) is 0 Å². The molecular formula is C13H26N4O4S. The Morgan fingerprint density at radius 1 is 1.18 bits per heavy atom. The summed E-state index contributed by atoms with van der Waals surface area (Å²) < 4.78 is 33.7. The summed E-state index contributed by atoms with van der Waals surface area (Å²) in [6.45, 7) is 4.22. The first-order chi connectivity index (χ1) is 10.6. The SMILES string of the molecule is O=C(CNS(=O)(=O)NC1CCCC1)NCCN1CCOCC1. The molecule has 2 aliphatic rings. The average molecular weight is 334 g/mol. The molecule has 1 heterocycles. The summed E-state index contributed by atoms with van der Waals surface area (Å²) in [4.78, 5) is 13.9. The zero-order chi connectivity index (χ0) is 15.8. The highest BCUT2D eigenvalue weighted by atomic mass is 32.2. The number of hydrogen-bond donors (Lipinski definition) is 3. The van der Waals surface area contributed by atoms with Crippen LogP contribution in [-0.2, 0) is 19.7 Å². The van der Waals surface area contributed by atoms with Crippen LogP contribution in [-0.4, -0.2) is 71.2 Å². The minimum absolute atomic E-state index is 0.00174. The summed E-state index contributed by atoms with van der Waals surface area (Å²) in [6.07, 6.45) is 3.84. The van der Waals surface area contributed by atoms with Crippen molar-refractivity contribution in [1.82, 2.24) is 19.7 Å². The Morgan fingerprint density at radius 2 is 1.86 bits per heavy atom. The molecule has 3 N–H and O–H groups in total. The van der Waals surface area contributed by atoms with Crippen molar-refractivity contribution in [2.24, 2.45) is 0 Å². The number of amides is 1. The molecule has 1 aliphatic carbocycles. The molecule has 0 atom stereocenters. The molecule has 9 heteroatoms. The summed E-state index contributed by atoms with van der Waals surface area (Å²) in [7, 11) is -3.59. The molecule has 0 unspecified atom stereocenters. The summed E-state index contributed by atoms with van der Waals surface area (Å²) in [6, 6.07) is 0.00174. The predicted octanol–water partition coefficient (Wildman–Crippen LogP) is -1.20. The van der Waals surface area contributed by atoms with E-state index in [2.05, 4.69) is 19.7 Å². The van der Waals surface area contributed by atoms with Crippen LogP contribution >= 0.6 is 0 Å². The maximum atomic E-state index is 11.8. The molecular weight excluding hydrogens is 308 g/mol. The maximum Gasteiger partial charge on any atom is 0.277 e. The highest BCUT2D eigenvalue weighted by Crippen LogP contribution is 2.17. The first-order valence-corrected chi connectivity index (χ1v) is 9.37. The quantitative estimate of drug-likeness (QED) is 0.518. The lowest BCUT2D eigenvalue weighted by molar-refractivity contribution is -0.120. The topological polar surface area (TPSA) is 99.8 Å². The standard InChI is InChI=1S/C13H26N4O4S/c18-13(14-5-6-17-7-9-21-10-8-17)11-15-22(19,20)16-12-3-1-2-4-12/h12,15-16H,1-11H2,(H,14,18). The van der Waals surface area contributed by atoms with Gasteiger partial charge < -0.3 is 10.1 Å². The number of carbonyl (C=O) groups is 1. The fourth-order valence-electron chi connectivity index (χ4n) is 2.71. The molecule has 1 amide bonds. The van der Waals surface area contributed by atoms with E-state index in [0.29, 0.717) is 6.54 Å². The third-order valence-corrected chi connectivity index (χ3v) is 5.12. The van der Waals surface area contributed by atoms with Gasteiger partial charge in [0.15, 0.2) is 0 Å². The number of carbonyl (C=O) groups excluding carboxylic acids is 1. The van der Waals surface area contributed by atoms with Crippen LogP contribution in [0.5, 0.6) is 0 Å². The van der Waals surface area contributed by atoms with Crippen LogP contribution in [0.3, 0.4) is 0 Å². The van der Waals surface area contributed by atoms with Crippen LogP contribution in [0, 0.1) is 0 Å². The minimum Gasteiger partial charge on any atom is -0.379 e. The van der Waals surface area contributed by atoms with E-state index in [9.17, 15) is 13.2 Å². The van der Waals surface area contributed by atoms with Crippen molar-refractivity contribution in [3.05, 3.63) is 0 Å². The lowest BCUT2D eigenvalue weighted by Gasteiger charge is -2.26. The van der Waals surface area contributed by atoms with E-state index in [1.807, 2.05) is 0 Å². The van der Waals surface area contributed by atoms with Crippen molar-refractivity contribution < 1.29 is 17.9 Å². The summed E-state index contributed by atoms with van der Waals surface area (Å²) in [5.41, 5.74) is 0. The fraction of sp³-hybridized carbons (Fsp3) is 0.923. The second-order valence-electron chi connectivity index (χ2n) is 5.73. The molecule has 128 valence electrons. The van der Waals surface area contributed by atoms with Gasteiger partial charge in [-0.1, -0.05) is 12.8 Å². The second kappa shape index (κ2) is 8.78. The molecule has 0 spiro atoms. The molecule has 2 fully saturated rings. The van der Waals surface area contributed by atoms with Crippen molar-refractivity contribution in [3.63, 3.8) is 0 Å². The first kappa shape index (κ1) is 17.6. The second-order valence-corrected chi connectivity index (χ2v) is 7.26. The molecule has 1 saturated carbocycles. The van der Waals surface area contributed by atoms with E-state index in [1.54, 1.807) is 0 Å². The van der Waals surface area contributed by atoms with E-state index < -0.39 is 10.2 Å². The maximum absolute atomic E-state index is 11.8. The molecule has 0 bridgehead atoms. The molecule has 2 rings (SSSR count). The summed E-state index contributed by atoms with van der Waals surface area (Å²) in [5.74, 6) is -0.315. The third kappa shape index (κ3) is 6.57. The van der Waals surface area contributed by atoms with Crippen molar-refractivity contribution >= 4 is 16.1 Å². The Morgan fingerprint density at radius 3 is 2.55 bits per heavy atom. The van der Waals surface area contributed by atoms with E-state index in [1.165, 1.54) is 0 Å². The Labute approximate surface area is 132 Å². The van der Waals surface area contributed by atoms with Gasteiger partial charge in [-0.2, -0.15) is 17.9 Å². The first-order valence-electron chi connectivity index (χ1n) is 7.89. The number of morpholine rings is 1. The lowest BCUT2D eigenvalue weighted by atomic mass is 10.3. The zero-order valence-electron chi connectivity index (χ0n) is 12.8. The molecule has 1 aliphatic heterocycles. The van der Waals surface area contributed by atoms with Gasteiger partial charge >= 0.3 is 0 Å². The number of nitrogens with zero attached hydrogens (tertiary/aromatic N) is 1. The number of ether oxygens (including phenoxy) is 1. The van der Waals surface area contributed by atoms with Gasteiger partial charge in [0.1, 0.15) is 0 Å². The largest absolute Gasteiger partial charge is 0.379 e. The molecule has 0 aromatic heterocycles. The normalized spacial score (nSPS) is 21.1. The molecule has 0 aromatic carbocycles. The lowest BCUT2D eigenvalue weighted by Crippen LogP contribution is -2.47. The van der Waals surface area contributed by atoms with Gasteiger partial charge in [-0.05, 0) is 12.8 Å². The molecule has 22 heavy (non-hydrogen) atoms. The van der Waals surface area contributed by atoms with Crippen LogP contribution in [0.4, 0.5) is 0 Å². The predicted molar refractivity (Wildman–Crippen MR) is 82.6 cm³/mol. The van der Waals surface area contributed by atoms with Crippen molar-refractivity contribution in [1.29, 1.82) is 0 Å². The zero-order valence-corrected chi connectivity index (χ0v) is 13.7. The van der Waals surface area contributed by atoms with Crippen molar-refractivity contribution in [3.8, 4) is 0 Å². The highest BCUT2D eigenvalue weighted by Gasteiger charge is 2.21. The van der Waals surface area contributed by atoms with E-state index in [-0.39, 0.29) is 18.5 Å². The Balaban J connectivity index is 1.57. The van der Waals surface area contributed by atoms with Crippen LogP contribution < -0.4 is 14.8 Å². The van der Waals surface area contributed by atoms with E-state index >= 15 is 0 Å². The molecule has 0 aromatic rings. The van der Waals surface area contributed by atoms with Gasteiger partial charge in [0.2, 0.25) is 5.91 Å². The molecule has 0 radical (unpaired) electrons. The van der Waals surface area contributed by atoms with Gasteiger partial charge in [-0.25, -0.2) is 0 Å². The summed E-state index contributed by atoms with van der Waals surface area (Å²) >= 11 is 0. The highest BCUT2D eigenvalue weighted by molar-refractivity contribution is 7.87.